The van der Waals surface area contributed by atoms with E-state index in [4.69, 9.17) is 4.74 Å². The molecule has 1 fully saturated rings. The van der Waals surface area contributed by atoms with Crippen molar-refractivity contribution in [3.05, 3.63) is 53.6 Å². The summed E-state index contributed by atoms with van der Waals surface area (Å²) in [6.07, 6.45) is 0.660. The smallest absolute Gasteiger partial charge is 0.329 e. The van der Waals surface area contributed by atoms with Crippen molar-refractivity contribution >= 4 is 35.0 Å². The van der Waals surface area contributed by atoms with Crippen molar-refractivity contribution in [2.45, 2.75) is 19.4 Å². The molecular formula is C21H22N4O4. The van der Waals surface area contributed by atoms with E-state index >= 15 is 0 Å². The molecule has 8 heteroatoms. The van der Waals surface area contributed by atoms with Crippen molar-refractivity contribution in [2.24, 2.45) is 0 Å². The molecule has 0 spiro atoms. The molecule has 0 saturated carbocycles. The number of benzene rings is 2. The van der Waals surface area contributed by atoms with Gasteiger partial charge in [-0.15, -0.1) is 0 Å². The van der Waals surface area contributed by atoms with Crippen molar-refractivity contribution in [1.29, 1.82) is 0 Å². The molecule has 1 unspecified atom stereocenters. The summed E-state index contributed by atoms with van der Waals surface area (Å²) < 4.78 is 5.49. The van der Waals surface area contributed by atoms with E-state index in [1.807, 2.05) is 31.2 Å². The molecule has 8 nitrogen and oxygen atoms in total. The number of nitrogens with one attached hydrogen (secondary N) is 2. The minimum atomic E-state index is -0.463. The molecule has 2 aromatic carbocycles. The zero-order valence-electron chi connectivity index (χ0n) is 16.3. The number of urea groups is 2. The molecule has 2 aliphatic heterocycles. The number of anilines is 3. The van der Waals surface area contributed by atoms with E-state index in [1.165, 1.54) is 0 Å². The van der Waals surface area contributed by atoms with Crippen LogP contribution in [0.2, 0.25) is 0 Å². The highest BCUT2D eigenvalue weighted by atomic mass is 16.5. The molecule has 4 rings (SSSR count). The predicted octanol–water partition coefficient (Wildman–Crippen LogP) is 2.66. The fourth-order valence-electron chi connectivity index (χ4n) is 3.69. The van der Waals surface area contributed by atoms with Crippen molar-refractivity contribution in [1.82, 2.24) is 5.32 Å². The van der Waals surface area contributed by atoms with Crippen LogP contribution in [0.4, 0.5) is 26.7 Å². The normalized spacial score (nSPS) is 18.5. The maximum atomic E-state index is 13.0. The third-order valence-corrected chi connectivity index (χ3v) is 5.24. The van der Waals surface area contributed by atoms with Gasteiger partial charge in [0.1, 0.15) is 0 Å². The summed E-state index contributed by atoms with van der Waals surface area (Å²) in [4.78, 5) is 39.9. The lowest BCUT2D eigenvalue weighted by Crippen LogP contribution is -2.45. The van der Waals surface area contributed by atoms with Gasteiger partial charge in [0.05, 0.1) is 24.9 Å². The maximum absolute atomic E-state index is 13.0. The maximum Gasteiger partial charge on any atom is 0.329 e. The lowest BCUT2D eigenvalue weighted by Gasteiger charge is -2.34. The second-order valence-corrected chi connectivity index (χ2v) is 7.12. The Labute approximate surface area is 168 Å². The fourth-order valence-corrected chi connectivity index (χ4v) is 3.69. The number of rotatable bonds is 3. The number of hydrogen-bond acceptors (Lipinski definition) is 4. The van der Waals surface area contributed by atoms with E-state index in [9.17, 15) is 14.4 Å². The molecule has 1 atom stereocenters. The highest BCUT2D eigenvalue weighted by molar-refractivity contribution is 6.20. The number of amides is 5. The zero-order valence-corrected chi connectivity index (χ0v) is 16.3. The summed E-state index contributed by atoms with van der Waals surface area (Å²) in [7, 11) is 1.64. The summed E-state index contributed by atoms with van der Waals surface area (Å²) in [6.45, 7) is 2.22. The SMILES string of the molecule is COC1Cc2ccccc2N(C(=O)Nc2ccc(C)c(N3C(=O)CNC3=O)c2)C1. The Morgan fingerprint density at radius 3 is 2.69 bits per heavy atom. The number of carbonyl (C=O) groups excluding carboxylic acids is 3. The topological polar surface area (TPSA) is 91.0 Å². The van der Waals surface area contributed by atoms with E-state index in [0.717, 1.165) is 28.1 Å². The van der Waals surface area contributed by atoms with Crippen LogP contribution in [0.1, 0.15) is 11.1 Å². The number of hydrogen-bond donors (Lipinski definition) is 2. The number of methoxy groups -OCH3 is 1. The molecule has 2 N–H and O–H groups in total. The largest absolute Gasteiger partial charge is 0.379 e. The van der Waals surface area contributed by atoms with Crippen molar-refractivity contribution in [3.63, 3.8) is 0 Å². The fraction of sp³-hybridized carbons (Fsp3) is 0.286. The summed E-state index contributed by atoms with van der Waals surface area (Å²) in [5.41, 5.74) is 3.61. The average molecular weight is 394 g/mol. The van der Waals surface area contributed by atoms with Crippen LogP contribution in [0, 0.1) is 6.92 Å². The summed E-state index contributed by atoms with van der Waals surface area (Å²) in [6, 6.07) is 12.1. The predicted molar refractivity (Wildman–Crippen MR) is 109 cm³/mol. The van der Waals surface area contributed by atoms with E-state index in [2.05, 4.69) is 10.6 Å². The summed E-state index contributed by atoms with van der Waals surface area (Å²) in [5, 5.41) is 5.39. The Kier molecular flexibility index (Phi) is 4.94. The minimum Gasteiger partial charge on any atom is -0.379 e. The first-order valence-electron chi connectivity index (χ1n) is 9.38. The number of aryl methyl sites for hydroxylation is 1. The van der Waals surface area contributed by atoms with Gasteiger partial charge in [-0.1, -0.05) is 24.3 Å². The lowest BCUT2D eigenvalue weighted by molar-refractivity contribution is -0.115. The first-order chi connectivity index (χ1) is 14.0. The molecule has 5 amide bonds. The Balaban J connectivity index is 1.60. The first-order valence-corrected chi connectivity index (χ1v) is 9.38. The minimum absolute atomic E-state index is 0.0299. The van der Waals surface area contributed by atoms with Crippen LogP contribution in [-0.2, 0) is 16.0 Å². The van der Waals surface area contributed by atoms with E-state index in [1.54, 1.807) is 30.2 Å². The molecule has 0 aliphatic carbocycles. The van der Waals surface area contributed by atoms with Gasteiger partial charge < -0.3 is 15.4 Å². The third kappa shape index (κ3) is 3.54. The Hall–Kier alpha value is -3.39. The van der Waals surface area contributed by atoms with Gasteiger partial charge in [-0.25, -0.2) is 14.5 Å². The molecule has 1 saturated heterocycles. The van der Waals surface area contributed by atoms with E-state index < -0.39 is 6.03 Å². The molecular weight excluding hydrogens is 372 g/mol. The molecule has 2 aliphatic rings. The van der Waals surface area contributed by atoms with Gasteiger partial charge in [-0.2, -0.15) is 0 Å². The second-order valence-electron chi connectivity index (χ2n) is 7.12. The summed E-state index contributed by atoms with van der Waals surface area (Å²) in [5.74, 6) is -0.325. The van der Waals surface area contributed by atoms with Crippen LogP contribution in [0.25, 0.3) is 0 Å². The summed E-state index contributed by atoms with van der Waals surface area (Å²) >= 11 is 0. The molecule has 150 valence electrons. The Bertz CT molecular complexity index is 974. The van der Waals surface area contributed by atoms with E-state index in [-0.39, 0.29) is 24.6 Å². The number of ether oxygens (including phenoxy) is 1. The molecule has 0 aromatic heterocycles. The average Bonchev–Trinajstić information content (AvgIpc) is 3.06. The third-order valence-electron chi connectivity index (χ3n) is 5.24. The van der Waals surface area contributed by atoms with Crippen LogP contribution in [0.5, 0.6) is 0 Å². The Morgan fingerprint density at radius 1 is 1.17 bits per heavy atom. The van der Waals surface area contributed by atoms with Crippen LogP contribution >= 0.6 is 0 Å². The van der Waals surface area contributed by atoms with Crippen molar-refractivity contribution in [2.75, 3.05) is 35.3 Å². The van der Waals surface area contributed by atoms with E-state index in [0.29, 0.717) is 17.9 Å². The lowest BCUT2D eigenvalue weighted by atomic mass is 10.00. The molecule has 2 aromatic rings. The van der Waals surface area contributed by atoms with Crippen LogP contribution < -0.4 is 20.4 Å². The number of para-hydroxylation sites is 1. The van der Waals surface area contributed by atoms with Gasteiger partial charge in [0.25, 0.3) is 5.91 Å². The van der Waals surface area contributed by atoms with Crippen LogP contribution in [-0.4, -0.2) is 44.3 Å². The molecule has 0 bridgehead atoms. The van der Waals surface area contributed by atoms with Gasteiger partial charge in [0, 0.05) is 24.9 Å². The monoisotopic (exact) mass is 394 g/mol. The first kappa shape index (κ1) is 18.9. The van der Waals surface area contributed by atoms with Gasteiger partial charge in [0.2, 0.25) is 0 Å². The van der Waals surface area contributed by atoms with Gasteiger partial charge in [-0.3, -0.25) is 9.69 Å². The highest BCUT2D eigenvalue weighted by Gasteiger charge is 2.32. The van der Waals surface area contributed by atoms with Crippen LogP contribution in [0.3, 0.4) is 0 Å². The van der Waals surface area contributed by atoms with Gasteiger partial charge in [0.15, 0.2) is 0 Å². The molecule has 2 heterocycles. The Morgan fingerprint density at radius 2 is 1.97 bits per heavy atom. The standard InChI is InChI=1S/C21H22N4O4/c1-13-7-8-15(10-18(13)25-19(26)11-22-20(25)27)23-21(28)24-12-16(29-2)9-14-5-3-4-6-17(14)24/h3-8,10,16H,9,11-12H2,1-2H3,(H,22,27)(H,23,28). The van der Waals surface area contributed by atoms with Crippen LogP contribution in [0.15, 0.2) is 42.5 Å². The number of carbonyl (C=O) groups is 3. The number of fused-ring (bicyclic) bond motifs is 1. The quantitative estimate of drug-likeness (QED) is 0.783. The molecule has 0 radical (unpaired) electrons. The zero-order chi connectivity index (χ0) is 20.5. The number of imide groups is 1. The van der Waals surface area contributed by atoms with Crippen molar-refractivity contribution in [3.8, 4) is 0 Å². The number of nitrogens with zero attached hydrogens (tertiary/aromatic N) is 2. The van der Waals surface area contributed by atoms with Gasteiger partial charge >= 0.3 is 12.1 Å². The second kappa shape index (κ2) is 7.56. The van der Waals surface area contributed by atoms with Gasteiger partial charge in [-0.05, 0) is 36.2 Å². The molecule has 29 heavy (non-hydrogen) atoms. The van der Waals surface area contributed by atoms with Crippen molar-refractivity contribution < 1.29 is 19.1 Å². The highest BCUT2D eigenvalue weighted by Crippen LogP contribution is 2.30.